The predicted octanol–water partition coefficient (Wildman–Crippen LogP) is 13.4. The third-order valence-electron chi connectivity index (χ3n) is 11.0. The molecule has 0 amide bonds. The summed E-state index contributed by atoms with van der Waals surface area (Å²) in [5, 5.41) is 6.90. The third kappa shape index (κ3) is 5.50. The number of furan rings is 1. The van der Waals surface area contributed by atoms with Gasteiger partial charge < -0.3 is 4.42 Å². The van der Waals surface area contributed by atoms with Crippen LogP contribution in [0.5, 0.6) is 0 Å². The van der Waals surface area contributed by atoms with Crippen molar-refractivity contribution in [3.8, 4) is 56.4 Å². The summed E-state index contributed by atoms with van der Waals surface area (Å²) in [6.07, 6.45) is 6.51. The molecule has 0 saturated carbocycles. The number of hydrogen-bond donors (Lipinski definition) is 0. The summed E-state index contributed by atoms with van der Waals surface area (Å²) in [6, 6.07) is 57.8. The molecule has 1 aliphatic rings. The van der Waals surface area contributed by atoms with E-state index in [-0.39, 0.29) is 0 Å². The Bertz CT molecular complexity index is 3160. The standard InChI is InChI=1S/C51H33N3O/c1-2-12-34(13-3-1)49-52-50(40-21-19-33-11-5-7-15-36(33)29-40)54-51(53-49)45-26-25-41(42-16-8-9-17-43(42)45)39-22-24-44-46-30-38(23-27-47(46)55-48(44)31-39)37-20-18-32-10-4-6-14-35(32)28-37/h1-6,8-14,16-31H,7,15H2. The molecule has 0 radical (unpaired) electrons. The zero-order valence-electron chi connectivity index (χ0n) is 29.9. The van der Waals surface area contributed by atoms with E-state index >= 15 is 0 Å². The quantitative estimate of drug-likeness (QED) is 0.179. The van der Waals surface area contributed by atoms with Crippen LogP contribution in [0.3, 0.4) is 0 Å². The Hall–Kier alpha value is -7.17. The highest BCUT2D eigenvalue weighted by atomic mass is 16.3. The van der Waals surface area contributed by atoms with Gasteiger partial charge in [-0.05, 0) is 110 Å². The number of aryl methyl sites for hydroxylation is 1. The molecular weight excluding hydrogens is 671 g/mol. The maximum atomic E-state index is 6.50. The van der Waals surface area contributed by atoms with Crippen molar-refractivity contribution in [2.75, 3.05) is 0 Å². The molecule has 0 fully saturated rings. The summed E-state index contributed by atoms with van der Waals surface area (Å²) in [5.74, 6) is 1.98. The van der Waals surface area contributed by atoms with Gasteiger partial charge in [0.2, 0.25) is 0 Å². The Morgan fingerprint density at radius 2 is 1.09 bits per heavy atom. The van der Waals surface area contributed by atoms with Gasteiger partial charge >= 0.3 is 0 Å². The van der Waals surface area contributed by atoms with Gasteiger partial charge in [0.25, 0.3) is 0 Å². The molecule has 11 rings (SSSR count). The van der Waals surface area contributed by atoms with Gasteiger partial charge in [0.05, 0.1) is 0 Å². The van der Waals surface area contributed by atoms with Crippen LogP contribution in [0.1, 0.15) is 17.5 Å². The van der Waals surface area contributed by atoms with Crippen LogP contribution in [-0.4, -0.2) is 15.0 Å². The average Bonchev–Trinajstić information content (AvgIpc) is 3.63. The van der Waals surface area contributed by atoms with E-state index in [0.717, 1.165) is 73.4 Å². The van der Waals surface area contributed by atoms with Crippen LogP contribution < -0.4 is 0 Å². The van der Waals surface area contributed by atoms with Crippen molar-refractivity contribution < 1.29 is 4.42 Å². The largest absolute Gasteiger partial charge is 0.456 e. The van der Waals surface area contributed by atoms with Crippen LogP contribution in [0.15, 0.2) is 174 Å². The highest BCUT2D eigenvalue weighted by Gasteiger charge is 2.18. The lowest BCUT2D eigenvalue weighted by Crippen LogP contribution is -2.02. The maximum Gasteiger partial charge on any atom is 0.164 e. The molecule has 0 atom stereocenters. The molecule has 0 unspecified atom stereocenters. The molecule has 0 saturated heterocycles. The van der Waals surface area contributed by atoms with Crippen molar-refractivity contribution in [1.29, 1.82) is 0 Å². The molecule has 8 aromatic carbocycles. The second kappa shape index (κ2) is 12.8. The van der Waals surface area contributed by atoms with E-state index in [1.807, 2.05) is 18.2 Å². The summed E-state index contributed by atoms with van der Waals surface area (Å²) in [7, 11) is 0. The molecule has 10 aromatic rings. The molecule has 0 bridgehead atoms. The normalized spacial score (nSPS) is 12.5. The van der Waals surface area contributed by atoms with Gasteiger partial charge in [0, 0.05) is 27.5 Å². The smallest absolute Gasteiger partial charge is 0.164 e. The lowest BCUT2D eigenvalue weighted by Gasteiger charge is -2.14. The van der Waals surface area contributed by atoms with Crippen LogP contribution >= 0.6 is 0 Å². The first-order chi connectivity index (χ1) is 27.2. The SMILES string of the molecule is C1=Cc2ccc(-c3nc(-c4ccccc4)nc(-c4ccc(-c5ccc6c(c5)oc5ccc(-c7ccc8ccccc8c7)cc56)c5ccccc45)n3)cc2CC1. The molecular formula is C51H33N3O. The summed E-state index contributed by atoms with van der Waals surface area (Å²) >= 11 is 0. The van der Waals surface area contributed by atoms with E-state index < -0.39 is 0 Å². The molecule has 1 aliphatic carbocycles. The highest BCUT2D eigenvalue weighted by molar-refractivity contribution is 6.09. The van der Waals surface area contributed by atoms with E-state index in [4.69, 9.17) is 19.4 Å². The van der Waals surface area contributed by atoms with Crippen LogP contribution in [0.2, 0.25) is 0 Å². The minimum Gasteiger partial charge on any atom is -0.456 e. The number of hydrogen-bond acceptors (Lipinski definition) is 4. The summed E-state index contributed by atoms with van der Waals surface area (Å²) in [6.45, 7) is 0. The van der Waals surface area contributed by atoms with E-state index in [0.29, 0.717) is 17.5 Å². The summed E-state index contributed by atoms with van der Waals surface area (Å²) < 4.78 is 6.50. The monoisotopic (exact) mass is 703 g/mol. The molecule has 0 aliphatic heterocycles. The Labute approximate surface area is 318 Å². The minimum absolute atomic E-state index is 0.652. The third-order valence-corrected chi connectivity index (χ3v) is 11.0. The molecule has 0 spiro atoms. The number of aromatic nitrogens is 3. The molecule has 0 N–H and O–H groups in total. The van der Waals surface area contributed by atoms with Gasteiger partial charge in [-0.15, -0.1) is 0 Å². The first-order valence-corrected chi connectivity index (χ1v) is 18.8. The first-order valence-electron chi connectivity index (χ1n) is 18.8. The average molecular weight is 704 g/mol. The van der Waals surface area contributed by atoms with Gasteiger partial charge in [0.15, 0.2) is 17.5 Å². The van der Waals surface area contributed by atoms with Crippen LogP contribution in [0.4, 0.5) is 0 Å². The molecule has 4 nitrogen and oxygen atoms in total. The van der Waals surface area contributed by atoms with Crippen molar-refractivity contribution in [2.24, 2.45) is 0 Å². The van der Waals surface area contributed by atoms with Gasteiger partial charge in [0.1, 0.15) is 11.2 Å². The number of allylic oxidation sites excluding steroid dienone is 1. The van der Waals surface area contributed by atoms with E-state index in [2.05, 4.69) is 158 Å². The Morgan fingerprint density at radius 1 is 0.400 bits per heavy atom. The van der Waals surface area contributed by atoms with Crippen molar-refractivity contribution >= 4 is 49.6 Å². The fraction of sp³-hybridized carbons (Fsp3) is 0.0392. The van der Waals surface area contributed by atoms with Crippen molar-refractivity contribution in [2.45, 2.75) is 12.8 Å². The zero-order chi connectivity index (χ0) is 36.3. The molecule has 4 heteroatoms. The molecule has 55 heavy (non-hydrogen) atoms. The second-order valence-corrected chi connectivity index (χ2v) is 14.3. The van der Waals surface area contributed by atoms with Crippen molar-refractivity contribution in [3.05, 3.63) is 181 Å². The topological polar surface area (TPSA) is 51.8 Å². The minimum atomic E-state index is 0.652. The Kier molecular flexibility index (Phi) is 7.27. The number of rotatable bonds is 5. The first kappa shape index (κ1) is 31.4. The number of benzene rings is 8. The maximum absolute atomic E-state index is 6.50. The van der Waals surface area contributed by atoms with Gasteiger partial charge in [-0.1, -0.05) is 133 Å². The Balaban J connectivity index is 1.01. The van der Waals surface area contributed by atoms with E-state index in [1.165, 1.54) is 33.0 Å². The van der Waals surface area contributed by atoms with Crippen molar-refractivity contribution in [1.82, 2.24) is 15.0 Å². The molecule has 2 aromatic heterocycles. The summed E-state index contributed by atoms with van der Waals surface area (Å²) in [5.41, 5.74) is 11.8. The Morgan fingerprint density at radius 3 is 1.98 bits per heavy atom. The van der Waals surface area contributed by atoms with E-state index in [9.17, 15) is 0 Å². The summed E-state index contributed by atoms with van der Waals surface area (Å²) in [4.78, 5) is 15.3. The van der Waals surface area contributed by atoms with Crippen LogP contribution in [0, 0.1) is 0 Å². The second-order valence-electron chi connectivity index (χ2n) is 14.3. The van der Waals surface area contributed by atoms with Gasteiger partial charge in [-0.2, -0.15) is 0 Å². The van der Waals surface area contributed by atoms with Gasteiger partial charge in [-0.3, -0.25) is 0 Å². The van der Waals surface area contributed by atoms with Gasteiger partial charge in [-0.25, -0.2) is 15.0 Å². The van der Waals surface area contributed by atoms with Crippen LogP contribution in [0.25, 0.3) is 106 Å². The fourth-order valence-corrected chi connectivity index (χ4v) is 8.15. The zero-order valence-corrected chi connectivity index (χ0v) is 29.9. The molecule has 2 heterocycles. The van der Waals surface area contributed by atoms with E-state index in [1.54, 1.807) is 0 Å². The predicted molar refractivity (Wildman–Crippen MR) is 227 cm³/mol. The number of fused-ring (bicyclic) bond motifs is 6. The van der Waals surface area contributed by atoms with Crippen LogP contribution in [-0.2, 0) is 6.42 Å². The van der Waals surface area contributed by atoms with Crippen molar-refractivity contribution in [3.63, 3.8) is 0 Å². The number of nitrogens with zero attached hydrogens (tertiary/aromatic N) is 3. The molecule has 258 valence electrons. The lowest BCUT2D eigenvalue weighted by atomic mass is 9.94. The lowest BCUT2D eigenvalue weighted by molar-refractivity contribution is 0.669. The fourth-order valence-electron chi connectivity index (χ4n) is 8.15. The highest BCUT2D eigenvalue weighted by Crippen LogP contribution is 2.39.